The highest BCUT2D eigenvalue weighted by atomic mass is 16.2. The van der Waals surface area contributed by atoms with Gasteiger partial charge in [-0.1, -0.05) is 25.1 Å². The first-order valence-electron chi connectivity index (χ1n) is 6.00. The van der Waals surface area contributed by atoms with E-state index in [4.69, 9.17) is 0 Å². The van der Waals surface area contributed by atoms with E-state index >= 15 is 0 Å². The zero-order chi connectivity index (χ0) is 13.1. The Morgan fingerprint density at radius 1 is 1.22 bits per heavy atom. The Kier molecular flexibility index (Phi) is 3.58. The van der Waals surface area contributed by atoms with E-state index in [2.05, 4.69) is 5.32 Å². The molecule has 0 saturated carbocycles. The molecular formula is C14H16N2O2. The minimum Gasteiger partial charge on any atom is -0.313 e. The summed E-state index contributed by atoms with van der Waals surface area (Å²) in [4.78, 5) is 25.0. The topological polar surface area (TPSA) is 49.4 Å². The summed E-state index contributed by atoms with van der Waals surface area (Å²) in [5, 5.41) is 3.20. The maximum absolute atomic E-state index is 12.0. The Balaban J connectivity index is 2.34. The molecule has 18 heavy (non-hydrogen) atoms. The minimum atomic E-state index is -0.263. The number of amides is 2. The predicted molar refractivity (Wildman–Crippen MR) is 70.1 cm³/mol. The monoisotopic (exact) mass is 244 g/mol. The highest BCUT2D eigenvalue weighted by Gasteiger charge is 2.30. The number of anilines is 1. The highest BCUT2D eigenvalue weighted by molar-refractivity contribution is 6.30. The number of rotatable bonds is 4. The van der Waals surface area contributed by atoms with Gasteiger partial charge in [0.1, 0.15) is 0 Å². The molecule has 1 aliphatic rings. The van der Waals surface area contributed by atoms with Crippen LogP contribution in [0.5, 0.6) is 0 Å². The van der Waals surface area contributed by atoms with Crippen molar-refractivity contribution in [2.24, 2.45) is 0 Å². The van der Waals surface area contributed by atoms with Gasteiger partial charge in [-0.05, 0) is 25.1 Å². The molecule has 0 radical (unpaired) electrons. The van der Waals surface area contributed by atoms with Crippen molar-refractivity contribution in [3.8, 4) is 0 Å². The Labute approximate surface area is 106 Å². The predicted octanol–water partition coefficient (Wildman–Crippen LogP) is 1.62. The Hall–Kier alpha value is -1.94. The summed E-state index contributed by atoms with van der Waals surface area (Å²) in [6.07, 6.45) is 1.38. The van der Waals surface area contributed by atoms with Gasteiger partial charge in [0.15, 0.2) is 0 Å². The summed E-state index contributed by atoms with van der Waals surface area (Å²) in [7, 11) is 0. The van der Waals surface area contributed by atoms with Gasteiger partial charge >= 0.3 is 0 Å². The normalized spacial score (nSPS) is 15.2. The Morgan fingerprint density at radius 2 is 1.94 bits per heavy atom. The van der Waals surface area contributed by atoms with Crippen LogP contribution in [0.4, 0.5) is 5.69 Å². The summed E-state index contributed by atoms with van der Waals surface area (Å²) < 4.78 is 0. The van der Waals surface area contributed by atoms with Crippen molar-refractivity contribution >= 4 is 17.5 Å². The molecule has 0 spiro atoms. The fraction of sp³-hybridized carbons (Fsp3) is 0.286. The molecule has 4 nitrogen and oxygen atoms in total. The van der Waals surface area contributed by atoms with Gasteiger partial charge in [0.25, 0.3) is 11.8 Å². The third kappa shape index (κ3) is 2.19. The van der Waals surface area contributed by atoms with Crippen molar-refractivity contribution in [2.75, 3.05) is 11.4 Å². The molecule has 1 aromatic rings. The van der Waals surface area contributed by atoms with Crippen LogP contribution < -0.4 is 10.2 Å². The number of carbonyl (C=O) groups is 2. The SMILES string of the molecule is CCNCc1ccccc1N1C(=O)C=C(C)C1=O. The lowest BCUT2D eigenvalue weighted by Gasteiger charge is -2.18. The average molecular weight is 244 g/mol. The van der Waals surface area contributed by atoms with Crippen LogP contribution in [0.25, 0.3) is 0 Å². The molecule has 1 aliphatic heterocycles. The summed E-state index contributed by atoms with van der Waals surface area (Å²) >= 11 is 0. The number of benzene rings is 1. The maximum Gasteiger partial charge on any atom is 0.261 e. The Bertz CT molecular complexity index is 520. The molecule has 0 bridgehead atoms. The third-order valence-electron chi connectivity index (χ3n) is 2.90. The third-order valence-corrected chi connectivity index (χ3v) is 2.90. The zero-order valence-electron chi connectivity index (χ0n) is 10.6. The van der Waals surface area contributed by atoms with Gasteiger partial charge in [0.05, 0.1) is 5.69 Å². The number of para-hydroxylation sites is 1. The number of hydrogen-bond donors (Lipinski definition) is 1. The van der Waals surface area contributed by atoms with Gasteiger partial charge in [-0.3, -0.25) is 9.59 Å². The quantitative estimate of drug-likeness (QED) is 0.819. The van der Waals surface area contributed by atoms with Crippen molar-refractivity contribution in [2.45, 2.75) is 20.4 Å². The molecule has 0 unspecified atom stereocenters. The van der Waals surface area contributed by atoms with E-state index in [1.165, 1.54) is 11.0 Å². The van der Waals surface area contributed by atoms with E-state index in [-0.39, 0.29) is 11.8 Å². The minimum absolute atomic E-state index is 0.232. The number of carbonyl (C=O) groups excluding carboxylic acids is 2. The van der Waals surface area contributed by atoms with Crippen LogP contribution in [0.3, 0.4) is 0 Å². The van der Waals surface area contributed by atoms with E-state index < -0.39 is 0 Å². The molecule has 0 saturated heterocycles. The molecule has 4 heteroatoms. The zero-order valence-corrected chi connectivity index (χ0v) is 10.6. The molecule has 2 rings (SSSR count). The number of imide groups is 1. The van der Waals surface area contributed by atoms with Crippen molar-refractivity contribution in [3.63, 3.8) is 0 Å². The molecule has 0 aromatic heterocycles. The second kappa shape index (κ2) is 5.14. The molecule has 0 atom stereocenters. The molecule has 2 amide bonds. The van der Waals surface area contributed by atoms with Crippen molar-refractivity contribution < 1.29 is 9.59 Å². The smallest absolute Gasteiger partial charge is 0.261 e. The van der Waals surface area contributed by atoms with Crippen LogP contribution >= 0.6 is 0 Å². The lowest BCUT2D eigenvalue weighted by atomic mass is 10.1. The van der Waals surface area contributed by atoms with E-state index in [0.29, 0.717) is 17.8 Å². The van der Waals surface area contributed by atoms with Crippen LogP contribution in [0, 0.1) is 0 Å². The molecule has 0 aliphatic carbocycles. The van der Waals surface area contributed by atoms with Gasteiger partial charge in [-0.25, -0.2) is 4.90 Å². The van der Waals surface area contributed by atoms with Gasteiger partial charge in [-0.2, -0.15) is 0 Å². The summed E-state index contributed by atoms with van der Waals surface area (Å²) in [6.45, 7) is 5.16. The summed E-state index contributed by atoms with van der Waals surface area (Å²) in [5.74, 6) is -0.495. The van der Waals surface area contributed by atoms with Crippen molar-refractivity contribution in [1.82, 2.24) is 5.32 Å². The van der Waals surface area contributed by atoms with Gasteiger partial charge in [-0.15, -0.1) is 0 Å². The van der Waals surface area contributed by atoms with Crippen LogP contribution in [0.1, 0.15) is 19.4 Å². The molecule has 1 heterocycles. The average Bonchev–Trinajstić information content (AvgIpc) is 2.61. The number of nitrogens with zero attached hydrogens (tertiary/aromatic N) is 1. The van der Waals surface area contributed by atoms with Crippen molar-refractivity contribution in [1.29, 1.82) is 0 Å². The fourth-order valence-corrected chi connectivity index (χ4v) is 1.95. The summed E-state index contributed by atoms with van der Waals surface area (Å²) in [6, 6.07) is 7.46. The number of hydrogen-bond acceptors (Lipinski definition) is 3. The second-order valence-electron chi connectivity index (χ2n) is 4.22. The summed E-state index contributed by atoms with van der Waals surface area (Å²) in [5.41, 5.74) is 2.10. The Morgan fingerprint density at radius 3 is 2.56 bits per heavy atom. The molecule has 1 N–H and O–H groups in total. The first-order chi connectivity index (χ1) is 8.65. The van der Waals surface area contributed by atoms with Gasteiger partial charge in [0.2, 0.25) is 0 Å². The molecular weight excluding hydrogens is 228 g/mol. The highest BCUT2D eigenvalue weighted by Crippen LogP contribution is 2.25. The first kappa shape index (κ1) is 12.5. The molecule has 0 fully saturated rings. The first-order valence-corrected chi connectivity index (χ1v) is 6.00. The molecule has 1 aromatic carbocycles. The fourth-order valence-electron chi connectivity index (χ4n) is 1.95. The van der Waals surface area contributed by atoms with Gasteiger partial charge in [0, 0.05) is 18.2 Å². The largest absolute Gasteiger partial charge is 0.313 e. The van der Waals surface area contributed by atoms with Crippen LogP contribution in [-0.2, 0) is 16.1 Å². The van der Waals surface area contributed by atoms with E-state index in [1.807, 2.05) is 25.1 Å². The van der Waals surface area contributed by atoms with E-state index in [1.54, 1.807) is 13.0 Å². The lowest BCUT2D eigenvalue weighted by molar-refractivity contribution is -0.120. The van der Waals surface area contributed by atoms with Crippen LogP contribution in [0.2, 0.25) is 0 Å². The number of nitrogens with one attached hydrogen (secondary N) is 1. The second-order valence-corrected chi connectivity index (χ2v) is 4.22. The molecule has 94 valence electrons. The standard InChI is InChI=1S/C14H16N2O2/c1-3-15-9-11-6-4-5-7-12(11)16-13(17)8-10(2)14(16)18/h4-8,15H,3,9H2,1-2H3. The van der Waals surface area contributed by atoms with Crippen LogP contribution in [0.15, 0.2) is 35.9 Å². The van der Waals surface area contributed by atoms with E-state index in [0.717, 1.165) is 12.1 Å². The van der Waals surface area contributed by atoms with E-state index in [9.17, 15) is 9.59 Å². The van der Waals surface area contributed by atoms with Crippen molar-refractivity contribution in [3.05, 3.63) is 41.5 Å². The lowest BCUT2D eigenvalue weighted by Crippen LogP contribution is -2.32. The van der Waals surface area contributed by atoms with Crippen LogP contribution in [-0.4, -0.2) is 18.4 Å². The maximum atomic E-state index is 12.0. The van der Waals surface area contributed by atoms with Gasteiger partial charge < -0.3 is 5.32 Å².